The fraction of sp³-hybridized carbons (Fsp3) is 0.882. The van der Waals surface area contributed by atoms with Gasteiger partial charge in [-0.2, -0.15) is 0 Å². The van der Waals surface area contributed by atoms with Crippen molar-refractivity contribution in [2.75, 3.05) is 6.54 Å². The first-order valence-corrected chi connectivity index (χ1v) is 8.77. The highest BCUT2D eigenvalue weighted by molar-refractivity contribution is 5.97. The third-order valence-electron chi connectivity index (χ3n) is 5.82. The van der Waals surface area contributed by atoms with Gasteiger partial charge in [-0.15, -0.1) is 0 Å². The van der Waals surface area contributed by atoms with Gasteiger partial charge in [-0.3, -0.25) is 9.59 Å². The third-order valence-corrected chi connectivity index (χ3v) is 5.82. The Bertz CT molecular complexity index is 417. The van der Waals surface area contributed by atoms with Gasteiger partial charge >= 0.3 is 0 Å². The molecule has 4 heteroatoms. The van der Waals surface area contributed by atoms with E-state index in [4.69, 9.17) is 0 Å². The Labute approximate surface area is 127 Å². The van der Waals surface area contributed by atoms with Crippen LogP contribution in [0, 0.1) is 5.92 Å². The molecule has 0 radical (unpaired) electrons. The molecule has 1 aliphatic carbocycles. The Kier molecular flexibility index (Phi) is 4.23. The van der Waals surface area contributed by atoms with Crippen molar-refractivity contribution in [3.63, 3.8) is 0 Å². The zero-order valence-corrected chi connectivity index (χ0v) is 13.4. The average molecular weight is 292 g/mol. The zero-order chi connectivity index (χ0) is 15.0. The largest absolute Gasteiger partial charge is 0.329 e. The maximum absolute atomic E-state index is 12.9. The van der Waals surface area contributed by atoms with Gasteiger partial charge in [0.25, 0.3) is 0 Å². The van der Waals surface area contributed by atoms with Gasteiger partial charge < -0.3 is 9.80 Å². The fourth-order valence-electron chi connectivity index (χ4n) is 4.74. The lowest BCUT2D eigenvalue weighted by Crippen LogP contribution is -2.65. The molecule has 4 nitrogen and oxygen atoms in total. The highest BCUT2D eigenvalue weighted by Gasteiger charge is 2.48. The highest BCUT2D eigenvalue weighted by Crippen LogP contribution is 2.35. The Hall–Kier alpha value is -1.06. The first-order valence-electron chi connectivity index (χ1n) is 8.77. The van der Waals surface area contributed by atoms with Gasteiger partial charge in [-0.1, -0.05) is 26.2 Å². The van der Waals surface area contributed by atoms with Crippen molar-refractivity contribution < 1.29 is 9.59 Å². The predicted octanol–water partition coefficient (Wildman–Crippen LogP) is 2.57. The molecule has 3 atom stereocenters. The second-order valence-corrected chi connectivity index (χ2v) is 6.98. The number of piperazine rings is 1. The average Bonchev–Trinajstić information content (AvgIpc) is 3.00. The molecule has 0 spiro atoms. The topological polar surface area (TPSA) is 40.6 Å². The Morgan fingerprint density at radius 3 is 2.43 bits per heavy atom. The second kappa shape index (κ2) is 5.98. The minimum atomic E-state index is -0.265. The lowest BCUT2D eigenvalue weighted by atomic mass is 9.81. The van der Waals surface area contributed by atoms with Crippen LogP contribution in [-0.4, -0.2) is 46.3 Å². The van der Waals surface area contributed by atoms with Gasteiger partial charge in [-0.25, -0.2) is 0 Å². The summed E-state index contributed by atoms with van der Waals surface area (Å²) in [6, 6.07) is -0.162. The molecule has 0 bridgehead atoms. The van der Waals surface area contributed by atoms with Crippen LogP contribution in [-0.2, 0) is 9.59 Å². The number of hydrogen-bond acceptors (Lipinski definition) is 2. The summed E-state index contributed by atoms with van der Waals surface area (Å²) in [5.74, 6) is 0.985. The molecule has 2 amide bonds. The maximum atomic E-state index is 12.9. The van der Waals surface area contributed by atoms with Crippen LogP contribution >= 0.6 is 0 Å². The first-order chi connectivity index (χ1) is 10.1. The van der Waals surface area contributed by atoms with Gasteiger partial charge in [-0.05, 0) is 44.9 Å². The second-order valence-electron chi connectivity index (χ2n) is 6.98. The van der Waals surface area contributed by atoms with Crippen LogP contribution in [0.2, 0.25) is 0 Å². The van der Waals surface area contributed by atoms with E-state index in [2.05, 4.69) is 6.92 Å². The summed E-state index contributed by atoms with van der Waals surface area (Å²) >= 11 is 0. The molecule has 3 aliphatic rings. The summed E-state index contributed by atoms with van der Waals surface area (Å²) in [5.41, 5.74) is 0. The standard InChI is InChI=1S/C17H28N2O2/c1-3-14(13-8-5-4-6-9-13)19-12(2)16(20)18-11-7-10-15(18)17(19)21/h12-15H,3-11H2,1-2H3. The van der Waals surface area contributed by atoms with E-state index < -0.39 is 0 Å². The van der Waals surface area contributed by atoms with E-state index >= 15 is 0 Å². The minimum absolute atomic E-state index is 0.161. The summed E-state index contributed by atoms with van der Waals surface area (Å²) in [7, 11) is 0. The van der Waals surface area contributed by atoms with E-state index in [0.717, 1.165) is 25.8 Å². The van der Waals surface area contributed by atoms with Crippen LogP contribution in [0.5, 0.6) is 0 Å². The number of amides is 2. The first kappa shape index (κ1) is 14.9. The lowest BCUT2D eigenvalue weighted by Gasteiger charge is -2.47. The number of carbonyl (C=O) groups excluding carboxylic acids is 2. The molecule has 3 rings (SSSR count). The molecule has 2 aliphatic heterocycles. The van der Waals surface area contributed by atoms with Gasteiger partial charge in [0.2, 0.25) is 11.8 Å². The van der Waals surface area contributed by atoms with E-state index in [-0.39, 0.29) is 29.9 Å². The molecule has 118 valence electrons. The quantitative estimate of drug-likeness (QED) is 0.802. The molecule has 3 unspecified atom stereocenters. The van der Waals surface area contributed by atoms with E-state index in [1.54, 1.807) is 0 Å². The predicted molar refractivity (Wildman–Crippen MR) is 81.7 cm³/mol. The van der Waals surface area contributed by atoms with Crippen LogP contribution in [0.1, 0.15) is 65.2 Å². The van der Waals surface area contributed by atoms with Crippen molar-refractivity contribution in [2.24, 2.45) is 5.92 Å². The zero-order valence-electron chi connectivity index (χ0n) is 13.4. The highest BCUT2D eigenvalue weighted by atomic mass is 16.2. The summed E-state index contributed by atoms with van der Waals surface area (Å²) in [4.78, 5) is 29.3. The molecular formula is C17H28N2O2. The lowest BCUT2D eigenvalue weighted by molar-refractivity contribution is -0.163. The van der Waals surface area contributed by atoms with Crippen molar-refractivity contribution in [1.29, 1.82) is 0 Å². The molecule has 2 saturated heterocycles. The summed E-state index contributed by atoms with van der Waals surface area (Å²) in [5, 5.41) is 0. The van der Waals surface area contributed by atoms with Gasteiger partial charge in [0.05, 0.1) is 0 Å². The number of fused-ring (bicyclic) bond motifs is 1. The molecule has 0 N–H and O–H groups in total. The smallest absolute Gasteiger partial charge is 0.246 e. The van der Waals surface area contributed by atoms with Crippen LogP contribution in [0.3, 0.4) is 0 Å². The molecule has 3 fully saturated rings. The Balaban J connectivity index is 1.83. The number of hydrogen-bond donors (Lipinski definition) is 0. The summed E-state index contributed by atoms with van der Waals surface area (Å²) in [6.45, 7) is 4.87. The number of nitrogens with zero attached hydrogens (tertiary/aromatic N) is 2. The monoisotopic (exact) mass is 292 g/mol. The molecular weight excluding hydrogens is 264 g/mol. The van der Waals surface area contributed by atoms with Gasteiger partial charge in [0.1, 0.15) is 12.1 Å². The number of carbonyl (C=O) groups is 2. The fourth-order valence-corrected chi connectivity index (χ4v) is 4.74. The van der Waals surface area contributed by atoms with Crippen LogP contribution in [0.25, 0.3) is 0 Å². The van der Waals surface area contributed by atoms with Crippen molar-refractivity contribution in [2.45, 2.75) is 83.3 Å². The molecule has 0 aromatic heterocycles. The Morgan fingerprint density at radius 1 is 1.05 bits per heavy atom. The van der Waals surface area contributed by atoms with Crippen LogP contribution in [0.4, 0.5) is 0 Å². The summed E-state index contributed by atoms with van der Waals surface area (Å²) < 4.78 is 0. The maximum Gasteiger partial charge on any atom is 0.246 e. The normalized spacial score (nSPS) is 32.5. The van der Waals surface area contributed by atoms with E-state index in [9.17, 15) is 9.59 Å². The molecule has 21 heavy (non-hydrogen) atoms. The van der Waals surface area contributed by atoms with Crippen LogP contribution in [0.15, 0.2) is 0 Å². The van der Waals surface area contributed by atoms with Gasteiger partial charge in [0.15, 0.2) is 0 Å². The van der Waals surface area contributed by atoms with E-state index in [1.807, 2.05) is 16.7 Å². The van der Waals surface area contributed by atoms with E-state index in [1.165, 1.54) is 32.1 Å². The van der Waals surface area contributed by atoms with Crippen molar-refractivity contribution >= 4 is 11.8 Å². The Morgan fingerprint density at radius 2 is 1.76 bits per heavy atom. The molecule has 1 saturated carbocycles. The van der Waals surface area contributed by atoms with Crippen LogP contribution < -0.4 is 0 Å². The molecule has 0 aromatic carbocycles. The SMILES string of the molecule is CCC(C1CCCCC1)N1C(=O)C2CCCN2C(=O)C1C. The minimum Gasteiger partial charge on any atom is -0.329 e. The third kappa shape index (κ3) is 2.47. The molecule has 2 heterocycles. The van der Waals surface area contributed by atoms with Crippen molar-refractivity contribution in [1.82, 2.24) is 9.80 Å². The van der Waals surface area contributed by atoms with Gasteiger partial charge in [0, 0.05) is 12.6 Å². The molecule has 0 aromatic rings. The number of rotatable bonds is 3. The summed E-state index contributed by atoms with van der Waals surface area (Å²) in [6.07, 6.45) is 9.13. The van der Waals surface area contributed by atoms with Crippen molar-refractivity contribution in [3.05, 3.63) is 0 Å². The van der Waals surface area contributed by atoms with E-state index in [0.29, 0.717) is 5.92 Å². The van der Waals surface area contributed by atoms with Crippen molar-refractivity contribution in [3.8, 4) is 0 Å².